The molecule has 1 unspecified atom stereocenters. The highest BCUT2D eigenvalue weighted by atomic mass is 16.4. The number of likely N-dealkylation sites (N-methyl/N-ethyl adjacent to an activating group) is 3. The van der Waals surface area contributed by atoms with Gasteiger partial charge in [-0.25, -0.2) is 0 Å². The summed E-state index contributed by atoms with van der Waals surface area (Å²) in [5.41, 5.74) is 2.10. The topological polar surface area (TPSA) is 67.2 Å². The number of phenols is 1. The molecule has 0 radical (unpaired) electrons. The molecule has 0 aliphatic rings. The van der Waals surface area contributed by atoms with E-state index in [9.17, 15) is 15.0 Å². The molecule has 0 bridgehead atoms. The summed E-state index contributed by atoms with van der Waals surface area (Å²) in [6.45, 7) is 1.93. The molecule has 0 spiro atoms. The normalized spacial score (nSPS) is 13.5. The number of rotatable bonds is 12. The van der Waals surface area contributed by atoms with Gasteiger partial charge in [-0.2, -0.15) is 0 Å². The van der Waals surface area contributed by atoms with Crippen molar-refractivity contribution >= 4 is 5.97 Å². The molecular formula is C22H39N3O3. The van der Waals surface area contributed by atoms with Crippen LogP contribution in [-0.2, 0) is 17.6 Å². The second kappa shape index (κ2) is 10.8. The van der Waals surface area contributed by atoms with E-state index >= 15 is 0 Å². The maximum atomic E-state index is 11.2. The molecule has 0 heterocycles. The second-order valence-corrected chi connectivity index (χ2v) is 8.24. The van der Waals surface area contributed by atoms with Gasteiger partial charge in [-0.15, -0.1) is 0 Å². The van der Waals surface area contributed by atoms with Crippen LogP contribution >= 0.6 is 0 Å². The van der Waals surface area contributed by atoms with Crippen LogP contribution in [0.1, 0.15) is 43.7 Å². The summed E-state index contributed by atoms with van der Waals surface area (Å²) < 4.78 is 0. The highest BCUT2D eigenvalue weighted by Gasteiger charge is 2.39. The number of hydrogen-bond acceptors (Lipinski definition) is 5. The largest absolute Gasteiger partial charge is 0.508 e. The van der Waals surface area contributed by atoms with Crippen LogP contribution in [0.2, 0.25) is 0 Å². The Bertz CT molecular complexity index is 608. The first-order valence-corrected chi connectivity index (χ1v) is 10.1. The summed E-state index contributed by atoms with van der Waals surface area (Å²) in [7, 11) is 12.3. The molecule has 0 saturated carbocycles. The van der Waals surface area contributed by atoms with Crippen LogP contribution in [0, 0.1) is 5.92 Å². The standard InChI is InChI=1S/C22H39N3O3/c1-8-17(21(27)28)12-9-10-13-18-14-11-15-20(26)19(18)16-22(23(2)3,24(4)5)25(6)7/h11,14-15,17,26H,8-10,12-13,16H2,1-7H3,(H,27,28). The zero-order valence-electron chi connectivity index (χ0n) is 18.7. The molecule has 0 aromatic heterocycles. The summed E-state index contributed by atoms with van der Waals surface area (Å²) in [5, 5.41) is 19.8. The fourth-order valence-corrected chi connectivity index (χ4v) is 4.18. The maximum absolute atomic E-state index is 11.2. The molecular weight excluding hydrogens is 354 g/mol. The number of benzene rings is 1. The van der Waals surface area contributed by atoms with Crippen molar-refractivity contribution < 1.29 is 15.0 Å². The zero-order chi connectivity index (χ0) is 21.5. The van der Waals surface area contributed by atoms with Crippen LogP contribution < -0.4 is 0 Å². The molecule has 28 heavy (non-hydrogen) atoms. The highest BCUT2D eigenvalue weighted by Crippen LogP contribution is 2.31. The minimum atomic E-state index is -0.701. The molecule has 1 rings (SSSR count). The number of aliphatic carboxylic acids is 1. The molecule has 160 valence electrons. The zero-order valence-corrected chi connectivity index (χ0v) is 18.7. The number of carboxylic acid groups (broad SMARTS) is 1. The van der Waals surface area contributed by atoms with E-state index in [1.54, 1.807) is 6.07 Å². The van der Waals surface area contributed by atoms with Crippen molar-refractivity contribution in [2.24, 2.45) is 5.92 Å². The maximum Gasteiger partial charge on any atom is 0.306 e. The summed E-state index contributed by atoms with van der Waals surface area (Å²) in [4.78, 5) is 17.7. The Balaban J connectivity index is 3.01. The van der Waals surface area contributed by atoms with Crippen LogP contribution in [0.25, 0.3) is 0 Å². The SMILES string of the molecule is CCC(CCCCc1cccc(O)c1CC(N(C)C)(N(C)C)N(C)C)C(=O)O. The third-order valence-electron chi connectivity index (χ3n) is 5.90. The Morgan fingerprint density at radius 3 is 2.07 bits per heavy atom. The van der Waals surface area contributed by atoms with E-state index in [2.05, 4.69) is 63.1 Å². The average molecular weight is 394 g/mol. The molecule has 0 amide bonds. The molecule has 6 nitrogen and oxygen atoms in total. The van der Waals surface area contributed by atoms with Gasteiger partial charge in [0.2, 0.25) is 0 Å². The molecule has 2 N–H and O–H groups in total. The van der Waals surface area contributed by atoms with Crippen molar-refractivity contribution in [3.8, 4) is 5.75 Å². The third kappa shape index (κ3) is 5.69. The number of phenolic OH excluding ortho intramolecular Hbond substituents is 1. The van der Waals surface area contributed by atoms with Crippen molar-refractivity contribution in [3.05, 3.63) is 29.3 Å². The third-order valence-corrected chi connectivity index (χ3v) is 5.90. The van der Waals surface area contributed by atoms with E-state index < -0.39 is 5.97 Å². The van der Waals surface area contributed by atoms with Crippen LogP contribution in [0.5, 0.6) is 5.75 Å². The fourth-order valence-electron chi connectivity index (χ4n) is 4.18. The van der Waals surface area contributed by atoms with Gasteiger partial charge in [0.05, 0.1) is 5.92 Å². The number of aromatic hydroxyl groups is 1. The molecule has 6 heteroatoms. The van der Waals surface area contributed by atoms with Crippen molar-refractivity contribution in [1.29, 1.82) is 0 Å². The van der Waals surface area contributed by atoms with Gasteiger partial charge >= 0.3 is 5.97 Å². The van der Waals surface area contributed by atoms with Crippen LogP contribution in [0.3, 0.4) is 0 Å². The molecule has 0 aliphatic carbocycles. The summed E-state index contributed by atoms with van der Waals surface area (Å²) >= 11 is 0. The monoisotopic (exact) mass is 393 g/mol. The van der Waals surface area contributed by atoms with Crippen LogP contribution in [0.4, 0.5) is 0 Å². The number of aryl methyl sites for hydroxylation is 1. The van der Waals surface area contributed by atoms with Gasteiger partial charge in [0.15, 0.2) is 0 Å². The quantitative estimate of drug-likeness (QED) is 0.420. The predicted molar refractivity (Wildman–Crippen MR) is 115 cm³/mol. The molecule has 0 fully saturated rings. The lowest BCUT2D eigenvalue weighted by Gasteiger charge is -2.50. The molecule has 1 aromatic carbocycles. The van der Waals surface area contributed by atoms with Gasteiger partial charge in [-0.1, -0.05) is 25.5 Å². The number of carbonyl (C=O) groups is 1. The number of unbranched alkanes of at least 4 members (excludes halogenated alkanes) is 1. The summed E-state index contributed by atoms with van der Waals surface area (Å²) in [6.07, 6.45) is 4.67. The Hall–Kier alpha value is -1.63. The van der Waals surface area contributed by atoms with Crippen LogP contribution in [0.15, 0.2) is 18.2 Å². The Morgan fingerprint density at radius 2 is 1.61 bits per heavy atom. The van der Waals surface area contributed by atoms with E-state index in [1.807, 2.05) is 13.0 Å². The van der Waals surface area contributed by atoms with E-state index in [1.165, 1.54) is 0 Å². The highest BCUT2D eigenvalue weighted by molar-refractivity contribution is 5.69. The second-order valence-electron chi connectivity index (χ2n) is 8.24. The van der Waals surface area contributed by atoms with E-state index in [0.29, 0.717) is 25.0 Å². The Kier molecular flexibility index (Phi) is 9.40. The Morgan fingerprint density at radius 1 is 1.04 bits per heavy atom. The predicted octanol–water partition coefficient (Wildman–Crippen LogP) is 3.10. The molecule has 0 saturated heterocycles. The molecule has 1 atom stereocenters. The number of hydrogen-bond donors (Lipinski definition) is 2. The van der Waals surface area contributed by atoms with Crippen molar-refractivity contribution in [3.63, 3.8) is 0 Å². The van der Waals surface area contributed by atoms with Gasteiger partial charge in [0, 0.05) is 12.0 Å². The van der Waals surface area contributed by atoms with Crippen molar-refractivity contribution in [2.45, 2.75) is 51.2 Å². The van der Waals surface area contributed by atoms with Crippen molar-refractivity contribution in [2.75, 3.05) is 42.3 Å². The van der Waals surface area contributed by atoms with Gasteiger partial charge in [0.1, 0.15) is 11.5 Å². The van der Waals surface area contributed by atoms with Gasteiger partial charge in [-0.05, 0) is 79.6 Å². The lowest BCUT2D eigenvalue weighted by atomic mass is 9.92. The Labute approximate surface area is 170 Å². The van der Waals surface area contributed by atoms with E-state index in [-0.39, 0.29) is 11.7 Å². The number of nitrogens with zero attached hydrogens (tertiary/aromatic N) is 3. The summed E-state index contributed by atoms with van der Waals surface area (Å²) in [6, 6.07) is 5.72. The summed E-state index contributed by atoms with van der Waals surface area (Å²) in [5.74, 6) is -1.00. The van der Waals surface area contributed by atoms with E-state index in [0.717, 1.165) is 30.4 Å². The first-order valence-electron chi connectivity index (χ1n) is 10.1. The average Bonchev–Trinajstić information content (AvgIpc) is 2.59. The lowest BCUT2D eigenvalue weighted by Crippen LogP contribution is -2.65. The van der Waals surface area contributed by atoms with E-state index in [4.69, 9.17) is 0 Å². The minimum absolute atomic E-state index is 0.257. The lowest BCUT2D eigenvalue weighted by molar-refractivity contribution is -0.142. The molecule has 1 aromatic rings. The van der Waals surface area contributed by atoms with Crippen molar-refractivity contribution in [1.82, 2.24) is 14.7 Å². The van der Waals surface area contributed by atoms with Gasteiger partial charge in [0.25, 0.3) is 0 Å². The minimum Gasteiger partial charge on any atom is -0.508 e. The number of carboxylic acids is 1. The van der Waals surface area contributed by atoms with Gasteiger partial charge in [-0.3, -0.25) is 19.5 Å². The van der Waals surface area contributed by atoms with Crippen LogP contribution in [-0.4, -0.2) is 79.0 Å². The first kappa shape index (κ1) is 24.4. The smallest absolute Gasteiger partial charge is 0.306 e. The first-order chi connectivity index (χ1) is 13.1. The van der Waals surface area contributed by atoms with Gasteiger partial charge < -0.3 is 10.2 Å². The fraction of sp³-hybridized carbons (Fsp3) is 0.682. The molecule has 0 aliphatic heterocycles.